The second-order valence-electron chi connectivity index (χ2n) is 9.83. The first-order valence-corrected chi connectivity index (χ1v) is 16.1. The number of carbonyl (C=O) groups excluding carboxylic acids is 2. The highest BCUT2D eigenvalue weighted by atomic mass is 35.5. The number of benzene rings is 2. The minimum absolute atomic E-state index is 0.0521. The summed E-state index contributed by atoms with van der Waals surface area (Å²) in [6, 6.07) is 8.52. The highest BCUT2D eigenvalue weighted by Crippen LogP contribution is 2.46. The van der Waals surface area contributed by atoms with Crippen molar-refractivity contribution in [2.24, 2.45) is 4.99 Å². The van der Waals surface area contributed by atoms with Gasteiger partial charge in [-0.25, -0.2) is 27.2 Å². The summed E-state index contributed by atoms with van der Waals surface area (Å²) in [5, 5.41) is 6.60. The summed E-state index contributed by atoms with van der Waals surface area (Å²) in [6.07, 6.45) is 3.18. The van der Waals surface area contributed by atoms with Crippen LogP contribution in [0.4, 0.5) is 13.2 Å². The van der Waals surface area contributed by atoms with Crippen LogP contribution in [0, 0.1) is 12.7 Å². The molecule has 2 aromatic carbocycles. The van der Waals surface area contributed by atoms with Gasteiger partial charge >= 0.3 is 12.7 Å². The molecule has 0 bridgehead atoms. The van der Waals surface area contributed by atoms with E-state index in [4.69, 9.17) is 37.8 Å². The summed E-state index contributed by atoms with van der Waals surface area (Å²) >= 11 is 14.1. The number of fused-ring (bicyclic) bond motifs is 1. The normalized spacial score (nSPS) is 17.9. The molecule has 4 heterocycles. The molecule has 0 amide bonds. The molecule has 2 atom stereocenters. The Kier molecular flexibility index (Phi) is 9.58. The third-order valence-electron chi connectivity index (χ3n) is 6.92. The van der Waals surface area contributed by atoms with Gasteiger partial charge in [-0.15, -0.1) is 11.3 Å². The standard InChI is InChI=1S/C27H21Cl2F3N6O2S2.CO2/c1-14-2-5-18(28)22(10-14)42(39,40)36-16-12-21-23(20-6-8-38(35-20)27(31)32)24(17-4-3-15(30)11-19(17)29)34-25(37(21)13-16)26-33-7-9-41-26;2-1-3/h2-11,16,24,27,36H,12-13H2,1H3;/t16-,24-;/m0./s1. The van der Waals surface area contributed by atoms with Crippen molar-refractivity contribution in [1.29, 1.82) is 0 Å². The lowest BCUT2D eigenvalue weighted by Crippen LogP contribution is -2.39. The summed E-state index contributed by atoms with van der Waals surface area (Å²) in [7, 11) is -4.04. The first-order chi connectivity index (χ1) is 21.4. The number of thiazole rings is 1. The first-order valence-electron chi connectivity index (χ1n) is 13.0. The van der Waals surface area contributed by atoms with Crippen LogP contribution >= 0.6 is 34.5 Å². The van der Waals surface area contributed by atoms with E-state index in [0.29, 0.717) is 32.4 Å². The van der Waals surface area contributed by atoms with Crippen molar-refractivity contribution in [2.75, 3.05) is 6.54 Å². The van der Waals surface area contributed by atoms with Crippen molar-refractivity contribution >= 4 is 62.1 Å². The van der Waals surface area contributed by atoms with E-state index in [1.54, 1.807) is 24.6 Å². The smallest absolute Gasteiger partial charge is 0.326 e. The van der Waals surface area contributed by atoms with Gasteiger partial charge in [0.1, 0.15) is 16.8 Å². The number of nitrogens with one attached hydrogen (secondary N) is 1. The third-order valence-corrected chi connectivity index (χ3v) is 10.0. The minimum atomic E-state index is -4.04. The van der Waals surface area contributed by atoms with E-state index >= 15 is 0 Å². The maximum atomic E-state index is 14.0. The van der Waals surface area contributed by atoms with Crippen LogP contribution in [-0.4, -0.2) is 52.7 Å². The number of rotatable bonds is 7. The predicted molar refractivity (Wildman–Crippen MR) is 160 cm³/mol. The van der Waals surface area contributed by atoms with Crippen molar-refractivity contribution in [3.63, 3.8) is 0 Å². The van der Waals surface area contributed by atoms with Crippen LogP contribution in [0.3, 0.4) is 0 Å². The molecule has 6 rings (SSSR count). The van der Waals surface area contributed by atoms with Gasteiger partial charge in [-0.1, -0.05) is 35.3 Å². The minimum Gasteiger partial charge on any atom is -0.326 e. The zero-order chi connectivity index (χ0) is 32.5. The fourth-order valence-electron chi connectivity index (χ4n) is 5.13. The van der Waals surface area contributed by atoms with Gasteiger partial charge in [0.05, 0.1) is 10.7 Å². The summed E-state index contributed by atoms with van der Waals surface area (Å²) in [5.41, 5.74) is 2.39. The van der Waals surface area contributed by atoms with E-state index in [-0.39, 0.29) is 39.8 Å². The summed E-state index contributed by atoms with van der Waals surface area (Å²) < 4.78 is 71.3. The molecule has 45 heavy (non-hydrogen) atoms. The fourth-order valence-corrected chi connectivity index (χ4v) is 7.86. The van der Waals surface area contributed by atoms with E-state index in [2.05, 4.69) is 14.8 Å². The zero-order valence-electron chi connectivity index (χ0n) is 23.0. The number of halogens is 5. The van der Waals surface area contributed by atoms with Crippen LogP contribution in [0.1, 0.15) is 40.8 Å². The van der Waals surface area contributed by atoms with Gasteiger partial charge in [0.25, 0.3) is 0 Å². The Morgan fingerprint density at radius 1 is 1.11 bits per heavy atom. The van der Waals surface area contributed by atoms with Gasteiger partial charge in [0.2, 0.25) is 10.0 Å². The van der Waals surface area contributed by atoms with E-state index in [1.165, 1.54) is 41.7 Å². The highest BCUT2D eigenvalue weighted by molar-refractivity contribution is 7.89. The Labute approximate surface area is 268 Å². The molecule has 234 valence electrons. The first kappa shape index (κ1) is 32.5. The topological polar surface area (TPSA) is 127 Å². The van der Waals surface area contributed by atoms with Crippen LogP contribution in [0.2, 0.25) is 10.0 Å². The number of hydrogen-bond donors (Lipinski definition) is 1. The molecule has 4 aromatic rings. The highest BCUT2D eigenvalue weighted by Gasteiger charge is 2.42. The molecule has 0 unspecified atom stereocenters. The van der Waals surface area contributed by atoms with Crippen molar-refractivity contribution < 1.29 is 31.2 Å². The number of hydrogen-bond acceptors (Lipinski definition) is 9. The van der Waals surface area contributed by atoms with Crippen LogP contribution in [0.5, 0.6) is 0 Å². The van der Waals surface area contributed by atoms with Crippen molar-refractivity contribution in [1.82, 2.24) is 24.4 Å². The van der Waals surface area contributed by atoms with Gasteiger partial charge in [-0.2, -0.15) is 23.5 Å². The monoisotopic (exact) mass is 696 g/mol. The lowest BCUT2D eigenvalue weighted by Gasteiger charge is -2.32. The SMILES string of the molecule is Cc1ccc(Cl)c(S(=O)(=O)N[C@H]2CC3=C(c4ccn(C(F)F)n4)[C@H](c4ccc(F)cc4Cl)N=C(c4nccs4)N3C2)c1.O=C=O. The van der Waals surface area contributed by atoms with Gasteiger partial charge in [0.15, 0.2) is 10.8 Å². The van der Waals surface area contributed by atoms with Crippen LogP contribution in [-0.2, 0) is 19.6 Å². The molecule has 1 N–H and O–H groups in total. The third kappa shape index (κ3) is 6.73. The van der Waals surface area contributed by atoms with E-state index in [1.807, 2.05) is 4.90 Å². The van der Waals surface area contributed by atoms with Crippen molar-refractivity contribution in [2.45, 2.75) is 36.9 Å². The second-order valence-corrected chi connectivity index (χ2v) is 13.2. The molecule has 1 saturated heterocycles. The number of aliphatic imine (C=N–C) groups is 1. The van der Waals surface area contributed by atoms with Crippen molar-refractivity contribution in [3.05, 3.63) is 104 Å². The second kappa shape index (κ2) is 13.3. The Morgan fingerprint density at radius 2 is 1.87 bits per heavy atom. The summed E-state index contributed by atoms with van der Waals surface area (Å²) in [4.78, 5) is 27.4. The lowest BCUT2D eigenvalue weighted by molar-refractivity contribution is -0.191. The quantitative estimate of drug-likeness (QED) is 0.256. The van der Waals surface area contributed by atoms with Gasteiger partial charge in [0, 0.05) is 58.6 Å². The molecule has 2 aliphatic heterocycles. The number of nitrogens with zero attached hydrogens (tertiary/aromatic N) is 5. The molecule has 2 aliphatic rings. The molecular weight excluding hydrogens is 676 g/mol. The summed E-state index contributed by atoms with van der Waals surface area (Å²) in [5.74, 6) is -0.107. The number of sulfonamides is 1. The Morgan fingerprint density at radius 3 is 2.51 bits per heavy atom. The van der Waals surface area contributed by atoms with E-state index < -0.39 is 34.5 Å². The maximum Gasteiger partial charge on any atom is 0.373 e. The van der Waals surface area contributed by atoms with E-state index in [0.717, 1.165) is 17.8 Å². The van der Waals surface area contributed by atoms with Gasteiger partial charge in [-0.3, -0.25) is 4.99 Å². The summed E-state index contributed by atoms with van der Waals surface area (Å²) in [6.45, 7) is -0.953. The molecule has 0 saturated carbocycles. The molecule has 0 aliphatic carbocycles. The van der Waals surface area contributed by atoms with Crippen LogP contribution < -0.4 is 4.72 Å². The maximum absolute atomic E-state index is 14.0. The Bertz CT molecular complexity index is 1940. The van der Waals surface area contributed by atoms with Crippen molar-refractivity contribution in [3.8, 4) is 0 Å². The zero-order valence-corrected chi connectivity index (χ0v) is 26.1. The van der Waals surface area contributed by atoms with Gasteiger partial charge in [-0.05, 0) is 42.8 Å². The lowest BCUT2D eigenvalue weighted by atomic mass is 9.92. The van der Waals surface area contributed by atoms with Crippen LogP contribution in [0.25, 0.3) is 5.57 Å². The molecule has 17 heteroatoms. The number of alkyl halides is 2. The molecule has 0 radical (unpaired) electrons. The number of aryl methyl sites for hydroxylation is 1. The number of aromatic nitrogens is 3. The average molecular weight is 698 g/mol. The largest absolute Gasteiger partial charge is 0.373 e. The Balaban J connectivity index is 0.00000128. The van der Waals surface area contributed by atoms with Crippen LogP contribution in [0.15, 0.2) is 75.8 Å². The Hall–Kier alpha value is -3.85. The molecule has 1 fully saturated rings. The molecule has 0 spiro atoms. The number of amidine groups is 1. The molecular formula is C28H21Cl2F3N6O4S2. The molecule has 2 aromatic heterocycles. The van der Waals surface area contributed by atoms with E-state index in [9.17, 15) is 21.6 Å². The van der Waals surface area contributed by atoms with Gasteiger partial charge < -0.3 is 4.90 Å². The fraction of sp³-hybridized carbons (Fsp3) is 0.214. The average Bonchev–Trinajstić information content (AvgIpc) is 3.75. The predicted octanol–water partition coefficient (Wildman–Crippen LogP) is 5.87. The molecule has 10 nitrogen and oxygen atoms in total.